The van der Waals surface area contributed by atoms with Gasteiger partial charge in [0.05, 0.1) is 17.9 Å². The molecule has 1 aromatic carbocycles. The van der Waals surface area contributed by atoms with Gasteiger partial charge in [0, 0.05) is 6.07 Å². The second-order valence-corrected chi connectivity index (χ2v) is 6.06. The average molecular weight is 387 g/mol. The Hall–Kier alpha value is -2.69. The van der Waals surface area contributed by atoms with Crippen molar-refractivity contribution in [3.05, 3.63) is 35.9 Å². The van der Waals surface area contributed by atoms with Gasteiger partial charge in [-0.2, -0.15) is 13.2 Å². The fraction of sp³-hybridized carbons (Fsp3) is 0.438. The number of piperidine rings is 1. The van der Waals surface area contributed by atoms with Crippen LogP contribution in [-0.4, -0.2) is 46.8 Å². The van der Waals surface area contributed by atoms with Crippen LogP contribution in [0.25, 0.3) is 0 Å². The number of carbonyl (C=O) groups excluding carboxylic acids is 1. The third-order valence-electron chi connectivity index (χ3n) is 4.01. The van der Waals surface area contributed by atoms with E-state index in [4.69, 9.17) is 0 Å². The number of amides is 1. The van der Waals surface area contributed by atoms with Crippen LogP contribution in [0.4, 0.5) is 23.2 Å². The summed E-state index contributed by atoms with van der Waals surface area (Å²) < 4.78 is 56.7. The lowest BCUT2D eigenvalue weighted by Crippen LogP contribution is -2.29. The van der Waals surface area contributed by atoms with Crippen LogP contribution in [0.1, 0.15) is 29.4 Å². The number of ether oxygens (including phenoxy) is 1. The predicted molar refractivity (Wildman–Crippen MR) is 87.1 cm³/mol. The SMILES string of the molecule is O=C(Nc1cc(F)ccc1OCC(F)(F)F)c1cn(C2CCNCC2)nn1. The van der Waals surface area contributed by atoms with Gasteiger partial charge < -0.3 is 15.4 Å². The summed E-state index contributed by atoms with van der Waals surface area (Å²) in [6.07, 6.45) is -1.43. The average Bonchev–Trinajstić information content (AvgIpc) is 3.11. The molecule has 11 heteroatoms. The van der Waals surface area contributed by atoms with Crippen molar-refractivity contribution < 1.29 is 27.1 Å². The molecule has 1 amide bonds. The molecule has 1 aromatic heterocycles. The highest BCUT2D eigenvalue weighted by atomic mass is 19.4. The maximum Gasteiger partial charge on any atom is 0.422 e. The van der Waals surface area contributed by atoms with Gasteiger partial charge in [-0.3, -0.25) is 4.79 Å². The van der Waals surface area contributed by atoms with Crippen LogP contribution in [0, 0.1) is 5.82 Å². The summed E-state index contributed by atoms with van der Waals surface area (Å²) in [6, 6.07) is 2.94. The van der Waals surface area contributed by atoms with Gasteiger partial charge in [0.1, 0.15) is 11.6 Å². The first-order valence-electron chi connectivity index (χ1n) is 8.25. The van der Waals surface area contributed by atoms with Gasteiger partial charge in [0.25, 0.3) is 5.91 Å². The quantitative estimate of drug-likeness (QED) is 0.771. The lowest BCUT2D eigenvalue weighted by atomic mass is 10.1. The fourth-order valence-electron chi connectivity index (χ4n) is 2.70. The first kappa shape index (κ1) is 19.1. The van der Waals surface area contributed by atoms with Gasteiger partial charge in [-0.1, -0.05) is 5.21 Å². The zero-order chi connectivity index (χ0) is 19.4. The number of alkyl halides is 3. The molecule has 0 saturated carbocycles. The van der Waals surface area contributed by atoms with E-state index in [1.165, 1.54) is 6.20 Å². The first-order valence-corrected chi connectivity index (χ1v) is 8.25. The van der Waals surface area contributed by atoms with E-state index < -0.39 is 24.5 Å². The van der Waals surface area contributed by atoms with E-state index >= 15 is 0 Å². The summed E-state index contributed by atoms with van der Waals surface area (Å²) in [6.45, 7) is 0.0951. The van der Waals surface area contributed by atoms with Crippen molar-refractivity contribution in [2.75, 3.05) is 25.0 Å². The van der Waals surface area contributed by atoms with Crippen molar-refractivity contribution >= 4 is 11.6 Å². The molecule has 0 aliphatic carbocycles. The molecule has 2 aromatic rings. The van der Waals surface area contributed by atoms with E-state index in [9.17, 15) is 22.4 Å². The van der Waals surface area contributed by atoms with Crippen molar-refractivity contribution in [1.82, 2.24) is 20.3 Å². The van der Waals surface area contributed by atoms with Crippen molar-refractivity contribution in [2.24, 2.45) is 0 Å². The van der Waals surface area contributed by atoms with Crippen LogP contribution in [0.5, 0.6) is 5.75 Å². The van der Waals surface area contributed by atoms with Crippen LogP contribution >= 0.6 is 0 Å². The molecule has 0 unspecified atom stereocenters. The molecule has 27 heavy (non-hydrogen) atoms. The highest BCUT2D eigenvalue weighted by Crippen LogP contribution is 2.28. The number of nitrogens with zero attached hydrogens (tertiary/aromatic N) is 3. The van der Waals surface area contributed by atoms with Gasteiger partial charge in [-0.15, -0.1) is 5.10 Å². The largest absolute Gasteiger partial charge is 0.482 e. The summed E-state index contributed by atoms with van der Waals surface area (Å²) in [4.78, 5) is 12.3. The zero-order valence-electron chi connectivity index (χ0n) is 14.1. The molecule has 0 spiro atoms. The molecule has 7 nitrogen and oxygen atoms in total. The highest BCUT2D eigenvalue weighted by Gasteiger charge is 2.29. The summed E-state index contributed by atoms with van der Waals surface area (Å²) in [5.41, 5.74) is -0.250. The van der Waals surface area contributed by atoms with Crippen molar-refractivity contribution in [1.29, 1.82) is 0 Å². The van der Waals surface area contributed by atoms with Gasteiger partial charge in [0.2, 0.25) is 0 Å². The molecule has 2 N–H and O–H groups in total. The number of anilines is 1. The third-order valence-corrected chi connectivity index (χ3v) is 4.01. The molecule has 146 valence electrons. The maximum absolute atomic E-state index is 13.5. The number of aromatic nitrogens is 3. The monoisotopic (exact) mass is 387 g/mol. The van der Waals surface area contributed by atoms with E-state index in [0.29, 0.717) is 0 Å². The topological polar surface area (TPSA) is 81.1 Å². The number of hydrogen-bond donors (Lipinski definition) is 2. The second-order valence-electron chi connectivity index (χ2n) is 6.06. The molecule has 3 rings (SSSR count). The summed E-state index contributed by atoms with van der Waals surface area (Å²) in [5, 5.41) is 13.3. The van der Waals surface area contributed by atoms with Gasteiger partial charge in [0.15, 0.2) is 12.3 Å². The molecule has 0 atom stereocenters. The maximum atomic E-state index is 13.5. The van der Waals surface area contributed by atoms with Crippen molar-refractivity contribution in [3.63, 3.8) is 0 Å². The lowest BCUT2D eigenvalue weighted by molar-refractivity contribution is -0.153. The van der Waals surface area contributed by atoms with Crippen molar-refractivity contribution in [2.45, 2.75) is 25.1 Å². The Morgan fingerprint density at radius 2 is 2.07 bits per heavy atom. The molecule has 0 bridgehead atoms. The Morgan fingerprint density at radius 1 is 1.33 bits per heavy atom. The number of halogens is 4. The molecule has 1 fully saturated rings. The zero-order valence-corrected chi connectivity index (χ0v) is 14.1. The molecule has 2 heterocycles. The Kier molecular flexibility index (Phi) is 5.59. The van der Waals surface area contributed by atoms with Crippen LogP contribution in [-0.2, 0) is 0 Å². The molecule has 1 saturated heterocycles. The Bertz CT molecular complexity index is 802. The fourth-order valence-corrected chi connectivity index (χ4v) is 2.70. The Balaban J connectivity index is 1.72. The second kappa shape index (κ2) is 7.91. The number of carbonyl (C=O) groups is 1. The summed E-state index contributed by atoms with van der Waals surface area (Å²) in [5.74, 6) is -1.76. The van der Waals surface area contributed by atoms with Crippen molar-refractivity contribution in [3.8, 4) is 5.75 Å². The van der Waals surface area contributed by atoms with Crippen LogP contribution in [0.15, 0.2) is 24.4 Å². The van der Waals surface area contributed by atoms with Crippen LogP contribution in [0.2, 0.25) is 0 Å². The Morgan fingerprint density at radius 3 is 2.78 bits per heavy atom. The third kappa shape index (κ3) is 5.16. The van der Waals surface area contributed by atoms with Crippen LogP contribution in [0.3, 0.4) is 0 Å². The van der Waals surface area contributed by atoms with Gasteiger partial charge >= 0.3 is 6.18 Å². The summed E-state index contributed by atoms with van der Waals surface area (Å²) in [7, 11) is 0. The minimum Gasteiger partial charge on any atom is -0.482 e. The molecule has 1 aliphatic rings. The minimum absolute atomic E-state index is 0.0282. The summed E-state index contributed by atoms with van der Waals surface area (Å²) >= 11 is 0. The number of nitrogens with one attached hydrogen (secondary N) is 2. The number of benzene rings is 1. The molecular weight excluding hydrogens is 370 g/mol. The lowest BCUT2D eigenvalue weighted by Gasteiger charge is -2.22. The van der Waals surface area contributed by atoms with Gasteiger partial charge in [-0.25, -0.2) is 9.07 Å². The predicted octanol–water partition coefficient (Wildman–Crippen LogP) is 2.54. The van der Waals surface area contributed by atoms with Crippen LogP contribution < -0.4 is 15.4 Å². The Labute approximate surface area is 151 Å². The van der Waals surface area contributed by atoms with E-state index in [0.717, 1.165) is 44.1 Å². The standard InChI is InChI=1S/C16H17F4N5O2/c17-10-1-2-14(27-9-16(18,19)20)12(7-10)22-15(26)13-8-25(24-23-13)11-3-5-21-6-4-11/h1-2,7-8,11,21H,3-6,9H2,(H,22,26). The van der Waals surface area contributed by atoms with E-state index in [1.807, 2.05) is 0 Å². The van der Waals surface area contributed by atoms with E-state index in [-0.39, 0.29) is 23.2 Å². The normalized spacial score (nSPS) is 15.6. The number of hydrogen-bond acceptors (Lipinski definition) is 5. The molecule has 0 radical (unpaired) electrons. The smallest absolute Gasteiger partial charge is 0.422 e. The highest BCUT2D eigenvalue weighted by molar-refractivity contribution is 6.03. The first-order chi connectivity index (χ1) is 12.8. The van der Waals surface area contributed by atoms with Gasteiger partial charge in [-0.05, 0) is 38.1 Å². The van der Waals surface area contributed by atoms with E-state index in [1.54, 1.807) is 4.68 Å². The molecule has 1 aliphatic heterocycles. The number of rotatable bonds is 5. The molecular formula is C16H17F4N5O2. The van der Waals surface area contributed by atoms with E-state index in [2.05, 4.69) is 25.7 Å². The minimum atomic E-state index is -4.56.